The lowest BCUT2D eigenvalue weighted by Gasteiger charge is -2.34. The van der Waals surface area contributed by atoms with Crippen molar-refractivity contribution in [1.82, 2.24) is 14.9 Å². The number of hydrogen-bond acceptors (Lipinski definition) is 5. The molecule has 8 heteroatoms. The van der Waals surface area contributed by atoms with Gasteiger partial charge in [0.15, 0.2) is 5.82 Å². The molecule has 0 radical (unpaired) electrons. The normalized spacial score (nSPS) is 16.2. The Hall–Kier alpha value is -1.83. The molecule has 1 saturated heterocycles. The van der Waals surface area contributed by atoms with Crippen LogP contribution in [0.5, 0.6) is 0 Å². The van der Waals surface area contributed by atoms with Gasteiger partial charge < -0.3 is 10.0 Å². The van der Waals surface area contributed by atoms with E-state index in [1.807, 2.05) is 4.90 Å². The predicted octanol–water partition coefficient (Wildman–Crippen LogP) is 2.81. The third-order valence-electron chi connectivity index (χ3n) is 4.47. The summed E-state index contributed by atoms with van der Waals surface area (Å²) in [5, 5.41) is 10.2. The lowest BCUT2D eigenvalue weighted by molar-refractivity contribution is 0.154. The summed E-state index contributed by atoms with van der Waals surface area (Å²) < 4.78 is 25.8. The molecule has 0 aliphatic carbocycles. The minimum absolute atomic E-state index is 0. The minimum Gasteiger partial charge on any atom is -0.388 e. The fraction of sp³-hybridized carbons (Fsp3) is 0.444. The van der Waals surface area contributed by atoms with Crippen molar-refractivity contribution in [1.29, 1.82) is 0 Å². The molecule has 26 heavy (non-hydrogen) atoms. The summed E-state index contributed by atoms with van der Waals surface area (Å²) in [5.41, 5.74) is 0.750. The molecule has 1 aromatic heterocycles. The van der Waals surface area contributed by atoms with Gasteiger partial charge in [-0.2, -0.15) is 0 Å². The van der Waals surface area contributed by atoms with Crippen LogP contribution in [0.4, 0.5) is 14.7 Å². The number of aromatic nitrogens is 2. The Morgan fingerprint density at radius 2 is 1.58 bits per heavy atom. The fourth-order valence-electron chi connectivity index (χ4n) is 3.00. The molecule has 5 nitrogen and oxygen atoms in total. The highest BCUT2D eigenvalue weighted by molar-refractivity contribution is 5.85. The number of nitrogens with zero attached hydrogens (tertiary/aromatic N) is 4. The maximum Gasteiger partial charge on any atom is 0.225 e. The van der Waals surface area contributed by atoms with Crippen molar-refractivity contribution >= 4 is 18.4 Å². The number of aliphatic hydroxyl groups is 1. The van der Waals surface area contributed by atoms with Crippen LogP contribution >= 0.6 is 12.4 Å². The minimum atomic E-state index is -0.561. The van der Waals surface area contributed by atoms with Crippen molar-refractivity contribution in [2.45, 2.75) is 18.9 Å². The Balaban J connectivity index is 0.00000243. The van der Waals surface area contributed by atoms with Gasteiger partial charge in [0.2, 0.25) is 5.95 Å². The number of aliphatic hydroxyl groups excluding tert-OH is 1. The first-order chi connectivity index (χ1) is 12.1. The van der Waals surface area contributed by atoms with E-state index in [4.69, 9.17) is 0 Å². The van der Waals surface area contributed by atoms with Crippen molar-refractivity contribution in [3.63, 3.8) is 0 Å². The van der Waals surface area contributed by atoms with E-state index in [0.717, 1.165) is 44.7 Å². The van der Waals surface area contributed by atoms with E-state index in [1.54, 1.807) is 12.1 Å². The third kappa shape index (κ3) is 5.59. The van der Waals surface area contributed by atoms with Crippen LogP contribution in [0.25, 0.3) is 0 Å². The number of piperazine rings is 1. The van der Waals surface area contributed by atoms with Crippen LogP contribution in [0.3, 0.4) is 0 Å². The summed E-state index contributed by atoms with van der Waals surface area (Å²) in [7, 11) is 0. The van der Waals surface area contributed by atoms with Gasteiger partial charge in [-0.3, -0.25) is 4.90 Å². The Labute approximate surface area is 158 Å². The number of benzene rings is 1. The smallest absolute Gasteiger partial charge is 0.225 e. The Kier molecular flexibility index (Phi) is 7.68. The quantitative estimate of drug-likeness (QED) is 0.830. The summed E-state index contributed by atoms with van der Waals surface area (Å²) >= 11 is 0. The molecule has 0 spiro atoms. The van der Waals surface area contributed by atoms with Crippen LogP contribution in [-0.2, 0) is 0 Å². The molecule has 1 aliphatic heterocycles. The van der Waals surface area contributed by atoms with Gasteiger partial charge in [0.05, 0.1) is 18.5 Å². The number of anilines is 1. The molecule has 2 aromatic rings. The lowest BCUT2D eigenvalue weighted by atomic mass is 10.0. The van der Waals surface area contributed by atoms with E-state index < -0.39 is 11.9 Å². The van der Waals surface area contributed by atoms with E-state index in [2.05, 4.69) is 14.9 Å². The summed E-state index contributed by atoms with van der Waals surface area (Å²) in [6.07, 6.45) is 3.32. The van der Waals surface area contributed by atoms with Crippen LogP contribution in [0.1, 0.15) is 24.5 Å². The summed E-state index contributed by atoms with van der Waals surface area (Å²) in [4.78, 5) is 12.4. The van der Waals surface area contributed by atoms with E-state index in [-0.39, 0.29) is 18.2 Å². The number of hydrogen-bond donors (Lipinski definition) is 1. The molecule has 0 saturated carbocycles. The monoisotopic (exact) mass is 384 g/mol. The van der Waals surface area contributed by atoms with Gasteiger partial charge in [-0.05, 0) is 37.1 Å². The first-order valence-electron chi connectivity index (χ1n) is 8.50. The van der Waals surface area contributed by atoms with Crippen molar-refractivity contribution < 1.29 is 13.9 Å². The molecule has 2 heterocycles. The number of rotatable bonds is 6. The van der Waals surface area contributed by atoms with Crippen molar-refractivity contribution in [2.75, 3.05) is 37.6 Å². The highest BCUT2D eigenvalue weighted by Crippen LogP contribution is 2.19. The zero-order valence-corrected chi connectivity index (χ0v) is 15.2. The third-order valence-corrected chi connectivity index (χ3v) is 4.47. The van der Waals surface area contributed by atoms with Gasteiger partial charge >= 0.3 is 0 Å². The molecule has 142 valence electrons. The summed E-state index contributed by atoms with van der Waals surface area (Å²) in [6.45, 7) is 4.26. The molecule has 0 bridgehead atoms. The molecule has 0 unspecified atom stereocenters. The Bertz CT molecular complexity index is 664. The standard InChI is InChI=1S/C18H22F2N4O.ClH/c19-15-5-3-14(4-6-15)17(25)2-1-7-23-8-10-24(11-9-23)18-21-12-16(20)13-22-18;/h3-6,12-13,17,25H,1-2,7-11H2;1H/t17-;/m1./s1. The molecule has 3 rings (SSSR count). The van der Waals surface area contributed by atoms with E-state index in [1.165, 1.54) is 24.5 Å². The average Bonchev–Trinajstić information content (AvgIpc) is 2.63. The first-order valence-corrected chi connectivity index (χ1v) is 8.50. The maximum absolute atomic E-state index is 12.9. The van der Waals surface area contributed by atoms with Crippen molar-refractivity contribution in [3.8, 4) is 0 Å². The zero-order chi connectivity index (χ0) is 17.6. The van der Waals surface area contributed by atoms with Crippen LogP contribution in [0, 0.1) is 11.6 Å². The maximum atomic E-state index is 12.9. The molecular formula is C18H23ClF2N4O. The second-order valence-corrected chi connectivity index (χ2v) is 6.24. The van der Waals surface area contributed by atoms with Gasteiger partial charge in [-0.15, -0.1) is 12.4 Å². The molecule has 1 fully saturated rings. The summed E-state index contributed by atoms with van der Waals surface area (Å²) in [5.74, 6) is -0.158. The molecule has 1 aromatic carbocycles. The Morgan fingerprint density at radius 1 is 0.962 bits per heavy atom. The van der Waals surface area contributed by atoms with E-state index in [9.17, 15) is 13.9 Å². The highest BCUT2D eigenvalue weighted by Gasteiger charge is 2.19. The highest BCUT2D eigenvalue weighted by atomic mass is 35.5. The van der Waals surface area contributed by atoms with Gasteiger partial charge in [0.25, 0.3) is 0 Å². The van der Waals surface area contributed by atoms with E-state index >= 15 is 0 Å². The molecule has 0 amide bonds. The van der Waals surface area contributed by atoms with Crippen LogP contribution in [-0.4, -0.2) is 52.7 Å². The van der Waals surface area contributed by atoms with Crippen molar-refractivity contribution in [2.24, 2.45) is 0 Å². The molecular weight excluding hydrogens is 362 g/mol. The second kappa shape index (κ2) is 9.75. The average molecular weight is 385 g/mol. The summed E-state index contributed by atoms with van der Waals surface area (Å²) in [6, 6.07) is 5.99. The SMILES string of the molecule is Cl.O[C@H](CCCN1CCN(c2ncc(F)cn2)CC1)c1ccc(F)cc1. The molecule has 1 N–H and O–H groups in total. The van der Waals surface area contributed by atoms with Gasteiger partial charge in [0, 0.05) is 26.2 Å². The molecule has 1 atom stereocenters. The fourth-order valence-corrected chi connectivity index (χ4v) is 3.00. The Morgan fingerprint density at radius 3 is 2.19 bits per heavy atom. The van der Waals surface area contributed by atoms with E-state index in [0.29, 0.717) is 12.4 Å². The lowest BCUT2D eigenvalue weighted by Crippen LogP contribution is -2.47. The van der Waals surface area contributed by atoms with Gasteiger partial charge in [0.1, 0.15) is 5.82 Å². The van der Waals surface area contributed by atoms with Gasteiger partial charge in [-0.25, -0.2) is 18.7 Å². The van der Waals surface area contributed by atoms with Gasteiger partial charge in [-0.1, -0.05) is 12.1 Å². The topological polar surface area (TPSA) is 52.5 Å². The van der Waals surface area contributed by atoms with Crippen LogP contribution in [0.15, 0.2) is 36.7 Å². The zero-order valence-electron chi connectivity index (χ0n) is 14.4. The first kappa shape index (κ1) is 20.5. The van der Waals surface area contributed by atoms with Crippen LogP contribution < -0.4 is 4.90 Å². The molecule has 1 aliphatic rings. The second-order valence-electron chi connectivity index (χ2n) is 6.24. The largest absolute Gasteiger partial charge is 0.388 e. The van der Waals surface area contributed by atoms with Crippen LogP contribution in [0.2, 0.25) is 0 Å². The predicted molar refractivity (Wildman–Crippen MR) is 98.5 cm³/mol. The number of halogens is 3. The van der Waals surface area contributed by atoms with Crippen molar-refractivity contribution in [3.05, 3.63) is 53.9 Å².